The van der Waals surface area contributed by atoms with E-state index in [2.05, 4.69) is 36.2 Å². The number of hydrogen-bond acceptors (Lipinski definition) is 12. The second-order valence-electron chi connectivity index (χ2n) is 10.7. The number of para-hydroxylation sites is 1. The molecule has 0 bridgehead atoms. The Hall–Kier alpha value is -5.44. The number of phenolic OH excluding ortho intramolecular Hbond substituents is 2. The number of aromatic hydroxyl groups is 2. The summed E-state index contributed by atoms with van der Waals surface area (Å²) >= 11 is 0. The summed E-state index contributed by atoms with van der Waals surface area (Å²) in [7, 11) is -2.12. The van der Waals surface area contributed by atoms with Gasteiger partial charge in [0.2, 0.25) is 17.8 Å². The third-order valence-electron chi connectivity index (χ3n) is 6.78. The molecule has 14 nitrogen and oxygen atoms in total. The van der Waals surface area contributed by atoms with E-state index in [1.165, 1.54) is 25.6 Å². The smallest absolute Gasteiger partial charge is 0.255 e. The van der Waals surface area contributed by atoms with Gasteiger partial charge in [-0.25, -0.2) is 18.4 Å². The molecule has 0 radical (unpaired) electrons. The molecule has 242 valence electrons. The molecule has 0 aliphatic rings. The normalized spacial score (nSPS) is 11.3. The van der Waals surface area contributed by atoms with Crippen LogP contribution in [-0.2, 0) is 14.6 Å². The van der Waals surface area contributed by atoms with Gasteiger partial charge in [-0.3, -0.25) is 9.59 Å². The van der Waals surface area contributed by atoms with E-state index in [0.29, 0.717) is 28.4 Å². The number of hydrogen-bond donors (Lipinski definition) is 6. The summed E-state index contributed by atoms with van der Waals surface area (Å²) < 4.78 is 31.1. The number of amides is 2. The monoisotopic (exact) mass is 649 g/mol. The van der Waals surface area contributed by atoms with Crippen LogP contribution < -0.4 is 26.0 Å². The van der Waals surface area contributed by atoms with Crippen LogP contribution in [0.4, 0.5) is 29.0 Å². The first-order valence-electron chi connectivity index (χ1n) is 14.2. The molecular weight excluding hydrogens is 614 g/mol. The summed E-state index contributed by atoms with van der Waals surface area (Å²) in [4.78, 5) is 38.0. The highest BCUT2D eigenvalue weighted by Gasteiger charge is 2.23. The van der Waals surface area contributed by atoms with Crippen molar-refractivity contribution in [1.82, 2.24) is 20.3 Å². The highest BCUT2D eigenvalue weighted by molar-refractivity contribution is 7.92. The van der Waals surface area contributed by atoms with Gasteiger partial charge in [0.05, 0.1) is 40.7 Å². The molecule has 0 atom stereocenters. The topological polar surface area (TPSA) is 205 Å². The number of carbonyl (C=O) groups is 2. The minimum absolute atomic E-state index is 0.0681. The largest absolute Gasteiger partial charge is 0.508 e. The van der Waals surface area contributed by atoms with Gasteiger partial charge in [0.1, 0.15) is 23.6 Å². The molecular formula is C31H35N7O7S. The fraction of sp³-hybridized carbons (Fsp3) is 0.258. The number of carbonyl (C=O) groups excluding carboxylic acids is 2. The maximum atomic E-state index is 12.8. The van der Waals surface area contributed by atoms with E-state index in [0.717, 1.165) is 6.07 Å². The summed E-state index contributed by atoms with van der Waals surface area (Å²) in [6.45, 7) is 6.46. The Labute approximate surface area is 266 Å². The Morgan fingerprint density at radius 2 is 1.57 bits per heavy atom. The van der Waals surface area contributed by atoms with Gasteiger partial charge < -0.3 is 36.2 Å². The predicted molar refractivity (Wildman–Crippen MR) is 173 cm³/mol. The number of benzene rings is 3. The standard InChI is InChI=1S/C31H35N7O7S/c1-17(2)20-13-21(25(40)14-24(20)39)29(42)32-15-28(41)35-19-10-11-26(45-5)23(12-19)37-31-34-16-33-30(38-31)36-22-8-6-7-9-27(22)46(43,44)18(3)4/h6-14,16-18,39-40H,15H2,1-5H3,(H,32,42)(H,35,41)(H2,33,34,36,37,38). The number of rotatable bonds is 12. The zero-order chi connectivity index (χ0) is 33.6. The van der Waals surface area contributed by atoms with E-state index in [4.69, 9.17) is 4.74 Å². The van der Waals surface area contributed by atoms with Crippen molar-refractivity contribution in [2.24, 2.45) is 0 Å². The van der Waals surface area contributed by atoms with E-state index < -0.39 is 39.2 Å². The van der Waals surface area contributed by atoms with Crippen molar-refractivity contribution >= 4 is 50.6 Å². The molecule has 1 heterocycles. The van der Waals surface area contributed by atoms with Crippen LogP contribution in [0.15, 0.2) is 65.8 Å². The number of anilines is 5. The Morgan fingerprint density at radius 3 is 2.22 bits per heavy atom. The zero-order valence-electron chi connectivity index (χ0n) is 25.8. The first kappa shape index (κ1) is 33.5. The van der Waals surface area contributed by atoms with Crippen LogP contribution in [0.1, 0.15) is 49.5 Å². The lowest BCUT2D eigenvalue weighted by atomic mass is 9.98. The molecule has 15 heteroatoms. The maximum Gasteiger partial charge on any atom is 0.255 e. The van der Waals surface area contributed by atoms with Crippen LogP contribution in [0.25, 0.3) is 0 Å². The number of nitrogens with one attached hydrogen (secondary N) is 4. The van der Waals surface area contributed by atoms with Crippen LogP contribution in [-0.4, -0.2) is 64.3 Å². The quantitative estimate of drug-likeness (QED) is 0.126. The lowest BCUT2D eigenvalue weighted by Gasteiger charge is -2.15. The molecule has 46 heavy (non-hydrogen) atoms. The molecule has 0 spiro atoms. The van der Waals surface area contributed by atoms with Gasteiger partial charge >= 0.3 is 0 Å². The minimum atomic E-state index is -3.59. The maximum absolute atomic E-state index is 12.8. The fourth-order valence-electron chi connectivity index (χ4n) is 4.31. The average Bonchev–Trinajstić information content (AvgIpc) is 3.00. The number of methoxy groups -OCH3 is 1. The third kappa shape index (κ3) is 7.79. The number of phenols is 2. The summed E-state index contributed by atoms with van der Waals surface area (Å²) in [5, 5.41) is 30.6. The van der Waals surface area contributed by atoms with Crippen molar-refractivity contribution in [3.8, 4) is 17.2 Å². The summed E-state index contributed by atoms with van der Waals surface area (Å²) in [6.07, 6.45) is 1.24. The lowest BCUT2D eigenvalue weighted by molar-refractivity contribution is -0.115. The van der Waals surface area contributed by atoms with E-state index in [-0.39, 0.29) is 34.0 Å². The van der Waals surface area contributed by atoms with Gasteiger partial charge in [-0.05, 0) is 61.7 Å². The van der Waals surface area contributed by atoms with Crippen LogP contribution in [0, 0.1) is 0 Å². The number of nitrogens with zero attached hydrogens (tertiary/aromatic N) is 3. The third-order valence-corrected chi connectivity index (χ3v) is 8.99. The highest BCUT2D eigenvalue weighted by Crippen LogP contribution is 2.33. The van der Waals surface area contributed by atoms with Gasteiger partial charge in [-0.2, -0.15) is 4.98 Å². The van der Waals surface area contributed by atoms with Crippen molar-refractivity contribution in [2.75, 3.05) is 29.6 Å². The van der Waals surface area contributed by atoms with Gasteiger partial charge in [0.15, 0.2) is 9.84 Å². The van der Waals surface area contributed by atoms with Crippen LogP contribution in [0.5, 0.6) is 17.2 Å². The van der Waals surface area contributed by atoms with Gasteiger partial charge in [-0.1, -0.05) is 26.0 Å². The molecule has 0 unspecified atom stereocenters. The SMILES string of the molecule is COc1ccc(NC(=O)CNC(=O)c2cc(C(C)C)c(O)cc2O)cc1Nc1ncnc(Nc2ccccc2S(=O)(=O)C(C)C)n1. The van der Waals surface area contributed by atoms with Gasteiger partial charge in [0.25, 0.3) is 5.91 Å². The average molecular weight is 650 g/mol. The van der Waals surface area contributed by atoms with E-state index in [1.54, 1.807) is 50.2 Å². The molecule has 1 aromatic heterocycles. The number of sulfone groups is 1. The molecule has 0 saturated carbocycles. The van der Waals surface area contributed by atoms with Crippen LogP contribution >= 0.6 is 0 Å². The predicted octanol–water partition coefficient (Wildman–Crippen LogP) is 4.45. The number of aromatic nitrogens is 3. The van der Waals surface area contributed by atoms with E-state index >= 15 is 0 Å². The molecule has 4 rings (SSSR count). The Bertz CT molecular complexity index is 1860. The zero-order valence-corrected chi connectivity index (χ0v) is 26.6. The second-order valence-corrected chi connectivity index (χ2v) is 13.2. The molecule has 3 aromatic carbocycles. The molecule has 0 fully saturated rings. The van der Waals surface area contributed by atoms with Crippen molar-refractivity contribution in [2.45, 2.75) is 43.8 Å². The molecule has 0 aliphatic carbocycles. The van der Waals surface area contributed by atoms with Crippen molar-refractivity contribution in [3.05, 3.63) is 72.1 Å². The number of ether oxygens (including phenoxy) is 1. The molecule has 0 aliphatic heterocycles. The Balaban J connectivity index is 1.46. The molecule has 0 saturated heterocycles. The molecule has 6 N–H and O–H groups in total. The van der Waals surface area contributed by atoms with Gasteiger partial charge in [-0.15, -0.1) is 0 Å². The first-order valence-corrected chi connectivity index (χ1v) is 15.7. The van der Waals surface area contributed by atoms with Crippen molar-refractivity contribution < 1.29 is 33.0 Å². The highest BCUT2D eigenvalue weighted by atomic mass is 32.2. The summed E-state index contributed by atoms with van der Waals surface area (Å²) in [6, 6.07) is 13.7. The molecule has 2 amide bonds. The Morgan fingerprint density at radius 1 is 0.891 bits per heavy atom. The first-order chi connectivity index (χ1) is 21.8. The van der Waals surface area contributed by atoms with Crippen LogP contribution in [0.2, 0.25) is 0 Å². The van der Waals surface area contributed by atoms with Crippen LogP contribution in [0.3, 0.4) is 0 Å². The second kappa shape index (κ2) is 14.1. The van der Waals surface area contributed by atoms with Crippen molar-refractivity contribution in [3.63, 3.8) is 0 Å². The van der Waals surface area contributed by atoms with Crippen molar-refractivity contribution in [1.29, 1.82) is 0 Å². The van der Waals surface area contributed by atoms with Gasteiger partial charge in [0, 0.05) is 11.8 Å². The Kier molecular flexibility index (Phi) is 10.3. The fourth-order valence-corrected chi connectivity index (χ4v) is 5.51. The molecule has 4 aromatic rings. The lowest BCUT2D eigenvalue weighted by Crippen LogP contribution is -2.33. The minimum Gasteiger partial charge on any atom is -0.508 e. The summed E-state index contributed by atoms with van der Waals surface area (Å²) in [5.74, 6) is -1.28. The van der Waals surface area contributed by atoms with E-state index in [1.807, 2.05) is 13.8 Å². The summed E-state index contributed by atoms with van der Waals surface area (Å²) in [5.41, 5.74) is 1.47. The van der Waals surface area contributed by atoms with E-state index in [9.17, 15) is 28.2 Å².